The fraction of sp³-hybridized carbons (Fsp3) is 0.304. The van der Waals surface area contributed by atoms with Gasteiger partial charge in [-0.1, -0.05) is 31.2 Å². The second-order valence-electron chi connectivity index (χ2n) is 7.25. The van der Waals surface area contributed by atoms with E-state index in [4.69, 9.17) is 0 Å². The van der Waals surface area contributed by atoms with Crippen LogP contribution in [0.15, 0.2) is 54.7 Å². The first-order chi connectivity index (χ1) is 13.7. The van der Waals surface area contributed by atoms with Gasteiger partial charge in [-0.2, -0.15) is 0 Å². The van der Waals surface area contributed by atoms with E-state index in [2.05, 4.69) is 51.6 Å². The summed E-state index contributed by atoms with van der Waals surface area (Å²) < 4.78 is 1.88. The van der Waals surface area contributed by atoms with Gasteiger partial charge in [-0.05, 0) is 55.2 Å². The van der Waals surface area contributed by atoms with Gasteiger partial charge < -0.3 is 10.2 Å². The Morgan fingerprint density at radius 1 is 1.18 bits per heavy atom. The lowest BCUT2D eigenvalue weighted by Gasteiger charge is -2.25. The standard InChI is InChI=1S/C23H26N4O/c1-3-20-22(27-14-11-17(2)15-21(27)25-20)23(28)24-16-18-7-9-19(10-8-18)26-12-5-4-6-13-26/h4-5,7-11,14-15H,3,6,12-13,16H2,1-2H3,(H,24,28). The molecule has 3 aromatic rings. The Kier molecular flexibility index (Phi) is 5.15. The molecule has 0 bridgehead atoms. The Morgan fingerprint density at radius 3 is 2.71 bits per heavy atom. The van der Waals surface area contributed by atoms with Crippen LogP contribution >= 0.6 is 0 Å². The average molecular weight is 374 g/mol. The van der Waals surface area contributed by atoms with Gasteiger partial charge in [0.2, 0.25) is 0 Å². The number of fused-ring (bicyclic) bond motifs is 1. The van der Waals surface area contributed by atoms with Crippen LogP contribution in [0, 0.1) is 6.92 Å². The molecule has 0 aliphatic carbocycles. The van der Waals surface area contributed by atoms with Gasteiger partial charge in [0, 0.05) is 31.5 Å². The lowest BCUT2D eigenvalue weighted by atomic mass is 10.1. The molecule has 1 amide bonds. The van der Waals surface area contributed by atoms with Crippen LogP contribution in [-0.4, -0.2) is 28.4 Å². The van der Waals surface area contributed by atoms with E-state index in [0.29, 0.717) is 12.2 Å². The van der Waals surface area contributed by atoms with Gasteiger partial charge in [-0.15, -0.1) is 0 Å². The summed E-state index contributed by atoms with van der Waals surface area (Å²) in [6.07, 6.45) is 8.18. The first kappa shape index (κ1) is 18.3. The fourth-order valence-electron chi connectivity index (χ4n) is 3.65. The van der Waals surface area contributed by atoms with E-state index in [-0.39, 0.29) is 5.91 Å². The number of pyridine rings is 1. The summed E-state index contributed by atoms with van der Waals surface area (Å²) in [5, 5.41) is 3.06. The minimum atomic E-state index is -0.0848. The van der Waals surface area contributed by atoms with E-state index < -0.39 is 0 Å². The maximum absolute atomic E-state index is 12.9. The smallest absolute Gasteiger partial charge is 0.270 e. The predicted molar refractivity (Wildman–Crippen MR) is 113 cm³/mol. The van der Waals surface area contributed by atoms with Crippen molar-refractivity contribution in [3.05, 3.63) is 77.3 Å². The first-order valence-corrected chi connectivity index (χ1v) is 9.90. The number of carbonyl (C=O) groups excluding carboxylic acids is 1. The van der Waals surface area contributed by atoms with Crippen molar-refractivity contribution in [1.82, 2.24) is 14.7 Å². The average Bonchev–Trinajstić information content (AvgIpc) is 3.10. The normalized spacial score (nSPS) is 13.9. The Morgan fingerprint density at radius 2 is 2.00 bits per heavy atom. The molecule has 1 aliphatic heterocycles. The van der Waals surface area contributed by atoms with Gasteiger partial charge in [0.25, 0.3) is 5.91 Å². The van der Waals surface area contributed by atoms with Crippen molar-refractivity contribution in [2.75, 3.05) is 18.0 Å². The van der Waals surface area contributed by atoms with Crippen LogP contribution in [0.1, 0.15) is 40.7 Å². The number of rotatable bonds is 5. The Hall–Kier alpha value is -3.08. The van der Waals surface area contributed by atoms with E-state index in [1.54, 1.807) is 0 Å². The number of imidazole rings is 1. The zero-order valence-electron chi connectivity index (χ0n) is 16.5. The fourth-order valence-corrected chi connectivity index (χ4v) is 3.65. The highest BCUT2D eigenvalue weighted by atomic mass is 16.1. The minimum absolute atomic E-state index is 0.0848. The van der Waals surface area contributed by atoms with E-state index in [1.165, 1.54) is 5.69 Å². The summed E-state index contributed by atoms with van der Waals surface area (Å²) in [5.41, 5.74) is 5.74. The summed E-state index contributed by atoms with van der Waals surface area (Å²) in [4.78, 5) is 19.9. The summed E-state index contributed by atoms with van der Waals surface area (Å²) in [6.45, 7) is 6.58. The van der Waals surface area contributed by atoms with Gasteiger partial charge in [-0.25, -0.2) is 4.98 Å². The lowest BCUT2D eigenvalue weighted by Crippen LogP contribution is -2.27. The van der Waals surface area contributed by atoms with Gasteiger partial charge in [-0.3, -0.25) is 9.20 Å². The highest BCUT2D eigenvalue weighted by Gasteiger charge is 2.18. The zero-order chi connectivity index (χ0) is 19.5. The third-order valence-corrected chi connectivity index (χ3v) is 5.22. The molecule has 0 radical (unpaired) electrons. The molecule has 4 rings (SSSR count). The molecule has 3 heterocycles. The molecular formula is C23H26N4O. The molecule has 144 valence electrons. The van der Waals surface area contributed by atoms with Crippen LogP contribution in [-0.2, 0) is 13.0 Å². The van der Waals surface area contributed by atoms with Crippen LogP contribution < -0.4 is 10.2 Å². The number of aryl methyl sites for hydroxylation is 2. The Bertz CT molecular complexity index is 1020. The van der Waals surface area contributed by atoms with Gasteiger partial charge in [0.15, 0.2) is 0 Å². The second-order valence-corrected chi connectivity index (χ2v) is 7.25. The minimum Gasteiger partial charge on any atom is -0.368 e. The second kappa shape index (κ2) is 7.89. The first-order valence-electron chi connectivity index (χ1n) is 9.90. The molecule has 0 saturated carbocycles. The molecule has 0 unspecified atom stereocenters. The van der Waals surface area contributed by atoms with E-state index >= 15 is 0 Å². The Labute approximate surface area is 165 Å². The van der Waals surface area contributed by atoms with Crippen molar-refractivity contribution in [1.29, 1.82) is 0 Å². The summed E-state index contributed by atoms with van der Waals surface area (Å²) in [5.74, 6) is -0.0848. The molecule has 0 spiro atoms. The lowest BCUT2D eigenvalue weighted by molar-refractivity contribution is 0.0944. The molecule has 2 aromatic heterocycles. The van der Waals surface area contributed by atoms with Crippen LogP contribution in [0.4, 0.5) is 5.69 Å². The molecule has 1 N–H and O–H groups in total. The van der Waals surface area contributed by atoms with Gasteiger partial charge in [0.1, 0.15) is 11.3 Å². The van der Waals surface area contributed by atoms with Gasteiger partial charge >= 0.3 is 0 Å². The SMILES string of the molecule is CCc1nc2cc(C)ccn2c1C(=O)NCc1ccc(N2CC=CCC2)cc1. The highest BCUT2D eigenvalue weighted by Crippen LogP contribution is 2.18. The number of nitrogens with one attached hydrogen (secondary N) is 1. The van der Waals surface area contributed by atoms with Crippen molar-refractivity contribution in [2.45, 2.75) is 33.2 Å². The number of amides is 1. The van der Waals surface area contributed by atoms with E-state index in [9.17, 15) is 4.79 Å². The highest BCUT2D eigenvalue weighted by molar-refractivity contribution is 5.94. The quantitative estimate of drug-likeness (QED) is 0.689. The van der Waals surface area contributed by atoms with Crippen molar-refractivity contribution in [3.8, 4) is 0 Å². The number of hydrogen-bond acceptors (Lipinski definition) is 3. The summed E-state index contributed by atoms with van der Waals surface area (Å²) in [6, 6.07) is 12.5. The molecule has 28 heavy (non-hydrogen) atoms. The van der Waals surface area contributed by atoms with Crippen molar-refractivity contribution in [3.63, 3.8) is 0 Å². The largest absolute Gasteiger partial charge is 0.368 e. The van der Waals surface area contributed by atoms with Crippen LogP contribution in [0.25, 0.3) is 5.65 Å². The number of hydrogen-bond donors (Lipinski definition) is 1. The van der Waals surface area contributed by atoms with E-state index in [0.717, 1.165) is 48.4 Å². The van der Waals surface area contributed by atoms with E-state index in [1.807, 2.05) is 36.6 Å². The predicted octanol–water partition coefficient (Wildman–Crippen LogP) is 3.90. The molecule has 1 aromatic carbocycles. The molecule has 0 fully saturated rings. The summed E-state index contributed by atoms with van der Waals surface area (Å²) >= 11 is 0. The molecule has 0 atom stereocenters. The van der Waals surface area contributed by atoms with Crippen LogP contribution in [0.2, 0.25) is 0 Å². The van der Waals surface area contributed by atoms with Crippen LogP contribution in [0.3, 0.4) is 0 Å². The Balaban J connectivity index is 1.47. The third kappa shape index (κ3) is 3.65. The zero-order valence-corrected chi connectivity index (χ0v) is 16.5. The third-order valence-electron chi connectivity index (χ3n) is 5.22. The van der Waals surface area contributed by atoms with Gasteiger partial charge in [0.05, 0.1) is 5.69 Å². The number of benzene rings is 1. The number of aromatic nitrogens is 2. The molecule has 5 heteroatoms. The van der Waals surface area contributed by atoms with Crippen molar-refractivity contribution >= 4 is 17.2 Å². The summed E-state index contributed by atoms with van der Waals surface area (Å²) in [7, 11) is 0. The molecule has 1 aliphatic rings. The monoisotopic (exact) mass is 374 g/mol. The molecule has 0 saturated heterocycles. The molecular weight excluding hydrogens is 348 g/mol. The van der Waals surface area contributed by atoms with Crippen molar-refractivity contribution < 1.29 is 4.79 Å². The van der Waals surface area contributed by atoms with Crippen molar-refractivity contribution in [2.24, 2.45) is 0 Å². The maximum Gasteiger partial charge on any atom is 0.270 e. The number of nitrogens with zero attached hydrogens (tertiary/aromatic N) is 3. The number of carbonyl (C=O) groups is 1. The number of anilines is 1. The topological polar surface area (TPSA) is 49.6 Å². The van der Waals surface area contributed by atoms with Crippen LogP contribution in [0.5, 0.6) is 0 Å². The maximum atomic E-state index is 12.9. The molecule has 5 nitrogen and oxygen atoms in total.